The maximum absolute atomic E-state index is 16.3. The highest BCUT2D eigenvalue weighted by Gasteiger charge is 2.58. The van der Waals surface area contributed by atoms with Gasteiger partial charge in [0.05, 0.1) is 17.6 Å². The Labute approximate surface area is 183 Å². The van der Waals surface area contributed by atoms with Crippen LogP contribution in [0, 0.1) is 5.92 Å². The molecule has 166 valence electrons. The van der Waals surface area contributed by atoms with Gasteiger partial charge >= 0.3 is 5.69 Å². The number of hydrogen-bond acceptors (Lipinski definition) is 5. The third kappa shape index (κ3) is 2.88. The molecule has 31 heavy (non-hydrogen) atoms. The van der Waals surface area contributed by atoms with Crippen molar-refractivity contribution in [1.29, 1.82) is 0 Å². The van der Waals surface area contributed by atoms with E-state index in [0.717, 1.165) is 42.5 Å². The Morgan fingerprint density at radius 1 is 1.32 bits per heavy atom. The van der Waals surface area contributed by atoms with E-state index < -0.39 is 16.7 Å². The first-order valence-electron chi connectivity index (χ1n) is 11.0. The number of hydrogen-bond donors (Lipinski definition) is 4. The summed E-state index contributed by atoms with van der Waals surface area (Å²) in [6.45, 7) is 3.49. The van der Waals surface area contributed by atoms with E-state index in [4.69, 9.17) is 5.73 Å². The quantitative estimate of drug-likeness (QED) is 0.579. The molecule has 2 aromatic heterocycles. The largest absolute Gasteiger partial charge is 0.395 e. The Hall–Kier alpha value is -2.03. The van der Waals surface area contributed by atoms with Gasteiger partial charge in [-0.15, -0.1) is 11.3 Å². The molecule has 0 bridgehead atoms. The summed E-state index contributed by atoms with van der Waals surface area (Å²) in [5, 5.41) is 9.64. The first kappa shape index (κ1) is 20.8. The standard InChI is InChI=1S/C23H28FN3O3S/c1-10-18-19(26-22(30)27-21(18)29)11(2)23(20(10)24,12-6-7-12)17-8-14-13(15(25)9-28)4-3-5-16(14)31-17/h8,11-13,15,28H,3-7,9,25H2,1-2H3,(H2,26,27,29,30). The lowest BCUT2D eigenvalue weighted by Gasteiger charge is -2.42. The Bertz CT molecular complexity index is 1190. The lowest BCUT2D eigenvalue weighted by molar-refractivity contribution is 0.242. The van der Waals surface area contributed by atoms with Gasteiger partial charge < -0.3 is 15.8 Å². The lowest BCUT2D eigenvalue weighted by atomic mass is 9.63. The molecule has 5 N–H and O–H groups in total. The number of aryl methyl sites for hydroxylation is 1. The number of H-pyrrole nitrogens is 2. The number of aliphatic hydroxyl groups is 1. The number of rotatable bonds is 4. The van der Waals surface area contributed by atoms with E-state index >= 15 is 4.39 Å². The van der Waals surface area contributed by atoms with E-state index in [1.54, 1.807) is 18.3 Å². The zero-order valence-corrected chi connectivity index (χ0v) is 18.6. The molecule has 3 aliphatic rings. The molecule has 0 aromatic carbocycles. The molecule has 3 aliphatic carbocycles. The number of aromatic nitrogens is 2. The first-order chi connectivity index (χ1) is 14.8. The van der Waals surface area contributed by atoms with Crippen molar-refractivity contribution in [1.82, 2.24) is 9.97 Å². The maximum atomic E-state index is 16.3. The van der Waals surface area contributed by atoms with Crippen LogP contribution in [0.5, 0.6) is 0 Å². The zero-order valence-electron chi connectivity index (χ0n) is 17.8. The van der Waals surface area contributed by atoms with Crippen LogP contribution in [0.3, 0.4) is 0 Å². The molecule has 2 aromatic rings. The number of aromatic amines is 2. The van der Waals surface area contributed by atoms with E-state index in [2.05, 4.69) is 16.0 Å². The second-order valence-electron chi connectivity index (χ2n) is 9.34. The molecule has 2 heterocycles. The van der Waals surface area contributed by atoms with Gasteiger partial charge in [-0.1, -0.05) is 6.92 Å². The van der Waals surface area contributed by atoms with Crippen LogP contribution in [-0.4, -0.2) is 27.7 Å². The molecule has 1 saturated carbocycles. The highest BCUT2D eigenvalue weighted by atomic mass is 32.1. The van der Waals surface area contributed by atoms with E-state index in [1.807, 2.05) is 6.92 Å². The Kier molecular flexibility index (Phi) is 4.88. The van der Waals surface area contributed by atoms with E-state index in [9.17, 15) is 14.7 Å². The fourth-order valence-electron chi connectivity index (χ4n) is 6.00. The van der Waals surface area contributed by atoms with Gasteiger partial charge in [0.15, 0.2) is 0 Å². The Morgan fingerprint density at radius 3 is 2.74 bits per heavy atom. The summed E-state index contributed by atoms with van der Waals surface area (Å²) >= 11 is 1.64. The third-order valence-electron chi connectivity index (χ3n) is 7.67. The first-order valence-corrected chi connectivity index (χ1v) is 11.9. The van der Waals surface area contributed by atoms with Gasteiger partial charge in [0.25, 0.3) is 5.56 Å². The van der Waals surface area contributed by atoms with Gasteiger partial charge in [0.2, 0.25) is 0 Å². The molecular weight excluding hydrogens is 417 g/mol. The van der Waals surface area contributed by atoms with Gasteiger partial charge in [0.1, 0.15) is 5.83 Å². The van der Waals surface area contributed by atoms with Crippen LogP contribution >= 0.6 is 11.3 Å². The molecule has 1 fully saturated rings. The van der Waals surface area contributed by atoms with Crippen LogP contribution in [0.15, 0.2) is 21.5 Å². The lowest BCUT2D eigenvalue weighted by Crippen LogP contribution is -2.42. The smallest absolute Gasteiger partial charge is 0.325 e. The van der Waals surface area contributed by atoms with E-state index in [1.165, 1.54) is 4.88 Å². The van der Waals surface area contributed by atoms with Crippen LogP contribution < -0.4 is 17.0 Å². The molecule has 8 heteroatoms. The van der Waals surface area contributed by atoms with Gasteiger partial charge in [-0.2, -0.15) is 0 Å². The molecule has 0 saturated heterocycles. The summed E-state index contributed by atoms with van der Waals surface area (Å²) in [6.07, 6.45) is 4.67. The van der Waals surface area contributed by atoms with Gasteiger partial charge in [-0.25, -0.2) is 9.18 Å². The summed E-state index contributed by atoms with van der Waals surface area (Å²) in [5.74, 6) is -0.441. The number of aliphatic hydroxyl groups excluding tert-OH is 1. The third-order valence-corrected chi connectivity index (χ3v) is 9.03. The molecule has 0 amide bonds. The van der Waals surface area contributed by atoms with Crippen molar-refractivity contribution in [2.45, 2.75) is 69.2 Å². The second-order valence-corrected chi connectivity index (χ2v) is 10.5. The van der Waals surface area contributed by atoms with Crippen LogP contribution in [0.25, 0.3) is 5.57 Å². The van der Waals surface area contributed by atoms with E-state index in [0.29, 0.717) is 11.3 Å². The van der Waals surface area contributed by atoms with Gasteiger partial charge in [-0.05, 0) is 62.1 Å². The van der Waals surface area contributed by atoms with Crippen molar-refractivity contribution < 1.29 is 9.50 Å². The number of halogens is 1. The Balaban J connectivity index is 1.74. The summed E-state index contributed by atoms with van der Waals surface area (Å²) < 4.78 is 16.3. The van der Waals surface area contributed by atoms with Crippen LogP contribution in [-0.2, 0) is 11.8 Å². The SMILES string of the molecule is CC1=C(F)C(c2cc3c(s2)CCCC3C(N)CO)(C2CC2)C(C)c2[nH]c(=O)[nH]c(=O)c21. The van der Waals surface area contributed by atoms with Crippen molar-refractivity contribution in [3.05, 3.63) is 59.3 Å². The van der Waals surface area contributed by atoms with Crippen LogP contribution in [0.1, 0.15) is 77.9 Å². The van der Waals surface area contributed by atoms with Crippen molar-refractivity contribution in [2.24, 2.45) is 11.7 Å². The molecule has 5 rings (SSSR count). The number of nitrogens with two attached hydrogens (primary N) is 1. The summed E-state index contributed by atoms with van der Waals surface area (Å²) in [5.41, 5.74) is 6.46. The molecule has 0 spiro atoms. The minimum Gasteiger partial charge on any atom is -0.395 e. The van der Waals surface area contributed by atoms with Gasteiger partial charge in [0, 0.05) is 33.3 Å². The zero-order chi connectivity index (χ0) is 22.1. The van der Waals surface area contributed by atoms with Crippen molar-refractivity contribution in [2.75, 3.05) is 6.61 Å². The summed E-state index contributed by atoms with van der Waals surface area (Å²) in [6, 6.07) is 1.78. The average Bonchev–Trinajstić information content (AvgIpc) is 3.49. The van der Waals surface area contributed by atoms with Crippen molar-refractivity contribution >= 4 is 16.9 Å². The van der Waals surface area contributed by atoms with Crippen LogP contribution in [0.2, 0.25) is 0 Å². The normalized spacial score (nSPS) is 28.9. The number of fused-ring (bicyclic) bond motifs is 2. The second kappa shape index (κ2) is 7.25. The number of nitrogens with one attached hydrogen (secondary N) is 2. The molecule has 0 radical (unpaired) electrons. The Morgan fingerprint density at radius 2 is 2.06 bits per heavy atom. The van der Waals surface area contributed by atoms with Crippen molar-refractivity contribution in [3.63, 3.8) is 0 Å². The maximum Gasteiger partial charge on any atom is 0.325 e. The fraction of sp³-hybridized carbons (Fsp3) is 0.565. The summed E-state index contributed by atoms with van der Waals surface area (Å²) in [7, 11) is 0. The average molecular weight is 446 g/mol. The highest BCUT2D eigenvalue weighted by molar-refractivity contribution is 7.12. The minimum absolute atomic E-state index is 0.0666. The summed E-state index contributed by atoms with van der Waals surface area (Å²) in [4.78, 5) is 31.8. The monoisotopic (exact) mass is 445 g/mol. The molecule has 4 atom stereocenters. The minimum atomic E-state index is -0.885. The predicted octanol–water partition coefficient (Wildman–Crippen LogP) is 3.03. The number of thiophene rings is 1. The van der Waals surface area contributed by atoms with Crippen molar-refractivity contribution in [3.8, 4) is 0 Å². The number of allylic oxidation sites excluding steroid dienone is 2. The molecule has 6 nitrogen and oxygen atoms in total. The fourth-order valence-corrected chi connectivity index (χ4v) is 7.63. The highest BCUT2D eigenvalue weighted by Crippen LogP contribution is 2.63. The molecule has 0 aliphatic heterocycles. The van der Waals surface area contributed by atoms with Gasteiger partial charge in [-0.3, -0.25) is 9.78 Å². The predicted molar refractivity (Wildman–Crippen MR) is 119 cm³/mol. The van der Waals surface area contributed by atoms with Crippen LogP contribution in [0.4, 0.5) is 4.39 Å². The van der Waals surface area contributed by atoms with E-state index in [-0.39, 0.29) is 41.8 Å². The topological polar surface area (TPSA) is 112 Å². The molecular formula is C23H28FN3O3S. The molecule has 4 unspecified atom stereocenters.